The van der Waals surface area contributed by atoms with Crippen LogP contribution in [0.2, 0.25) is 0 Å². The Balaban J connectivity index is 1.71. The molecule has 1 aliphatic heterocycles. The van der Waals surface area contributed by atoms with Gasteiger partial charge in [0, 0.05) is 19.0 Å². The summed E-state index contributed by atoms with van der Waals surface area (Å²) in [6, 6.07) is 5.89. The molecule has 1 aromatic heterocycles. The molecule has 0 bridgehead atoms. The highest BCUT2D eigenvalue weighted by molar-refractivity contribution is 5.82. The number of hydrogen-bond donors (Lipinski definition) is 1. The fraction of sp³-hybridized carbons (Fsp3) is 0.467. The number of halogens is 3. The Hall–Kier alpha value is -2.05. The van der Waals surface area contributed by atoms with Crippen LogP contribution in [0, 0.1) is 6.92 Å². The number of benzene rings is 1. The van der Waals surface area contributed by atoms with Crippen LogP contribution in [0.15, 0.2) is 18.2 Å². The molecule has 0 aliphatic carbocycles. The summed E-state index contributed by atoms with van der Waals surface area (Å²) in [6.07, 6.45) is -3.81. The third-order valence-corrected chi connectivity index (χ3v) is 4.07. The molecule has 0 unspecified atom stereocenters. The summed E-state index contributed by atoms with van der Waals surface area (Å²) in [7, 11) is 0. The number of aromatic nitrogens is 2. The Morgan fingerprint density at radius 2 is 2.00 bits per heavy atom. The maximum atomic E-state index is 12.4. The predicted octanol–water partition coefficient (Wildman–Crippen LogP) is 3.14. The molecule has 2 aromatic rings. The van der Waals surface area contributed by atoms with Crippen molar-refractivity contribution in [3.8, 4) is 0 Å². The first-order valence-corrected chi connectivity index (χ1v) is 7.17. The number of aryl methyl sites for hydroxylation is 1. The molecule has 1 fully saturated rings. The van der Waals surface area contributed by atoms with Crippen molar-refractivity contribution in [2.45, 2.75) is 31.9 Å². The number of H-pyrrole nitrogens is 1. The van der Waals surface area contributed by atoms with Crippen molar-refractivity contribution < 1.29 is 18.0 Å². The molecule has 118 valence electrons. The number of aromatic amines is 1. The molecule has 1 aromatic carbocycles. The molecule has 1 saturated heterocycles. The first-order chi connectivity index (χ1) is 10.3. The van der Waals surface area contributed by atoms with E-state index in [2.05, 4.69) is 9.97 Å². The fourth-order valence-corrected chi connectivity index (χ4v) is 2.87. The first-order valence-electron chi connectivity index (χ1n) is 7.17. The van der Waals surface area contributed by atoms with Crippen LogP contribution in [0.5, 0.6) is 0 Å². The number of amides is 1. The summed E-state index contributed by atoms with van der Waals surface area (Å²) in [4.78, 5) is 19.9. The summed E-state index contributed by atoms with van der Waals surface area (Å²) >= 11 is 0. The molecular formula is C15H16F3N3O. The van der Waals surface area contributed by atoms with Gasteiger partial charge in [0.05, 0.1) is 11.0 Å². The quantitative estimate of drug-likeness (QED) is 0.879. The molecule has 0 atom stereocenters. The van der Waals surface area contributed by atoms with Gasteiger partial charge in [0.1, 0.15) is 5.82 Å². The van der Waals surface area contributed by atoms with Crippen molar-refractivity contribution in [3.05, 3.63) is 29.6 Å². The second-order valence-corrected chi connectivity index (χ2v) is 5.71. The second kappa shape index (κ2) is 5.30. The Kier molecular flexibility index (Phi) is 3.58. The molecule has 7 heteroatoms. The number of imidazole rings is 1. The number of rotatable bonds is 1. The van der Waals surface area contributed by atoms with Crippen molar-refractivity contribution in [1.29, 1.82) is 0 Å². The minimum absolute atomic E-state index is 0.0602. The van der Waals surface area contributed by atoms with Gasteiger partial charge in [-0.25, -0.2) is 4.98 Å². The molecule has 4 nitrogen and oxygen atoms in total. The molecule has 0 radical (unpaired) electrons. The van der Waals surface area contributed by atoms with Gasteiger partial charge in [0.25, 0.3) is 0 Å². The Morgan fingerprint density at radius 1 is 1.32 bits per heavy atom. The normalized spacial score (nSPS) is 17.2. The van der Waals surface area contributed by atoms with Crippen molar-refractivity contribution in [2.75, 3.05) is 13.1 Å². The van der Waals surface area contributed by atoms with Crippen LogP contribution in [0.4, 0.5) is 13.2 Å². The lowest BCUT2D eigenvalue weighted by Gasteiger charge is -2.31. The van der Waals surface area contributed by atoms with E-state index in [1.54, 1.807) is 0 Å². The highest BCUT2D eigenvalue weighted by Gasteiger charge is 2.43. The van der Waals surface area contributed by atoms with Gasteiger partial charge in [-0.1, -0.05) is 6.07 Å². The van der Waals surface area contributed by atoms with Crippen LogP contribution in [0.3, 0.4) is 0 Å². The van der Waals surface area contributed by atoms with Gasteiger partial charge >= 0.3 is 12.1 Å². The summed E-state index contributed by atoms with van der Waals surface area (Å²) in [5.74, 6) is -0.893. The van der Waals surface area contributed by atoms with Crippen molar-refractivity contribution in [3.63, 3.8) is 0 Å². The van der Waals surface area contributed by atoms with Gasteiger partial charge in [-0.15, -0.1) is 0 Å². The molecule has 0 spiro atoms. The van der Waals surface area contributed by atoms with Crippen molar-refractivity contribution in [1.82, 2.24) is 14.9 Å². The molecule has 22 heavy (non-hydrogen) atoms. The van der Waals surface area contributed by atoms with E-state index in [9.17, 15) is 18.0 Å². The van der Waals surface area contributed by atoms with Crippen LogP contribution in [-0.4, -0.2) is 40.0 Å². The average molecular weight is 311 g/mol. The zero-order valence-electron chi connectivity index (χ0n) is 12.1. The summed E-state index contributed by atoms with van der Waals surface area (Å²) < 4.78 is 37.3. The average Bonchev–Trinajstić information content (AvgIpc) is 2.88. The maximum Gasteiger partial charge on any atom is 0.471 e. The fourth-order valence-electron chi connectivity index (χ4n) is 2.87. The number of nitrogens with zero attached hydrogens (tertiary/aromatic N) is 2. The molecule has 2 heterocycles. The van der Waals surface area contributed by atoms with Crippen LogP contribution in [-0.2, 0) is 4.79 Å². The van der Waals surface area contributed by atoms with Crippen molar-refractivity contribution in [2.24, 2.45) is 0 Å². The third kappa shape index (κ3) is 2.80. The molecular weight excluding hydrogens is 295 g/mol. The second-order valence-electron chi connectivity index (χ2n) is 5.71. The summed E-state index contributed by atoms with van der Waals surface area (Å²) in [5, 5.41) is 0. The van der Waals surface area contributed by atoms with Gasteiger partial charge < -0.3 is 9.88 Å². The van der Waals surface area contributed by atoms with Crippen LogP contribution in [0.25, 0.3) is 11.0 Å². The lowest BCUT2D eigenvalue weighted by molar-refractivity contribution is -0.186. The van der Waals surface area contributed by atoms with Crippen LogP contribution in [0.1, 0.15) is 30.1 Å². The Bertz CT molecular complexity index is 700. The van der Waals surface area contributed by atoms with Crippen LogP contribution < -0.4 is 0 Å². The SMILES string of the molecule is Cc1ccc2nc(C3CCN(C(=O)C(F)(F)F)CC3)[nH]c2c1. The Labute approximate surface area is 125 Å². The highest BCUT2D eigenvalue weighted by atomic mass is 19.4. The minimum Gasteiger partial charge on any atom is -0.342 e. The summed E-state index contributed by atoms with van der Waals surface area (Å²) in [5.41, 5.74) is 2.91. The highest BCUT2D eigenvalue weighted by Crippen LogP contribution is 2.30. The van der Waals surface area contributed by atoms with Gasteiger partial charge in [-0.3, -0.25) is 4.79 Å². The van der Waals surface area contributed by atoms with E-state index in [0.717, 1.165) is 27.3 Å². The van der Waals surface area contributed by atoms with E-state index in [4.69, 9.17) is 0 Å². The van der Waals surface area contributed by atoms with E-state index in [-0.39, 0.29) is 19.0 Å². The number of carbonyl (C=O) groups is 1. The smallest absolute Gasteiger partial charge is 0.342 e. The number of fused-ring (bicyclic) bond motifs is 1. The lowest BCUT2D eigenvalue weighted by Crippen LogP contribution is -2.45. The van der Waals surface area contributed by atoms with Gasteiger partial charge in [-0.05, 0) is 37.5 Å². The molecule has 1 aliphatic rings. The zero-order valence-corrected chi connectivity index (χ0v) is 12.1. The molecule has 0 saturated carbocycles. The van der Waals surface area contributed by atoms with E-state index < -0.39 is 12.1 Å². The van der Waals surface area contributed by atoms with Crippen LogP contribution >= 0.6 is 0 Å². The number of likely N-dealkylation sites (tertiary alicyclic amines) is 1. The van der Waals surface area contributed by atoms with Gasteiger partial charge in [-0.2, -0.15) is 13.2 Å². The number of piperidine rings is 1. The standard InChI is InChI=1S/C15H16F3N3O/c1-9-2-3-11-12(8-9)20-13(19-11)10-4-6-21(7-5-10)14(22)15(16,17)18/h2-3,8,10H,4-7H2,1H3,(H,19,20). The number of nitrogens with one attached hydrogen (secondary N) is 1. The predicted molar refractivity (Wildman–Crippen MR) is 75.4 cm³/mol. The molecule has 1 amide bonds. The minimum atomic E-state index is -4.79. The molecule has 3 rings (SSSR count). The van der Waals surface area contributed by atoms with Gasteiger partial charge in [0.15, 0.2) is 0 Å². The topological polar surface area (TPSA) is 49.0 Å². The lowest BCUT2D eigenvalue weighted by atomic mass is 9.96. The van der Waals surface area contributed by atoms with E-state index >= 15 is 0 Å². The van der Waals surface area contributed by atoms with E-state index in [1.165, 1.54) is 0 Å². The van der Waals surface area contributed by atoms with E-state index in [0.29, 0.717) is 12.8 Å². The number of hydrogen-bond acceptors (Lipinski definition) is 2. The number of alkyl halides is 3. The number of carbonyl (C=O) groups excluding carboxylic acids is 1. The maximum absolute atomic E-state index is 12.4. The zero-order chi connectivity index (χ0) is 15.9. The largest absolute Gasteiger partial charge is 0.471 e. The Morgan fingerprint density at radius 3 is 2.64 bits per heavy atom. The van der Waals surface area contributed by atoms with E-state index in [1.807, 2.05) is 25.1 Å². The molecule has 1 N–H and O–H groups in total. The van der Waals surface area contributed by atoms with Gasteiger partial charge in [0.2, 0.25) is 0 Å². The third-order valence-electron chi connectivity index (χ3n) is 4.07. The monoisotopic (exact) mass is 311 g/mol. The van der Waals surface area contributed by atoms with Crippen molar-refractivity contribution >= 4 is 16.9 Å². The first kappa shape index (κ1) is 14.9. The summed E-state index contributed by atoms with van der Waals surface area (Å²) in [6.45, 7) is 2.21.